The standard InChI is InChI=1S/C23H23FN4O3/c1-14(29)26-21(12-15-5-4-7-17(24)11-15)23(31)28-20(22(25)30)13-18-10-9-16-6-2-3-8-19(16)27-18/h2-11,20-21H,12-13H2,1H3,(H2,25,30)(H,26,29)(H,28,31)/t20-,21-/m0/s1. The highest BCUT2D eigenvalue weighted by Gasteiger charge is 2.26. The van der Waals surface area contributed by atoms with Gasteiger partial charge >= 0.3 is 0 Å². The highest BCUT2D eigenvalue weighted by molar-refractivity contribution is 5.91. The van der Waals surface area contributed by atoms with Gasteiger partial charge in [0.15, 0.2) is 0 Å². The smallest absolute Gasteiger partial charge is 0.243 e. The number of fused-ring (bicyclic) bond motifs is 1. The number of nitrogens with zero attached hydrogens (tertiary/aromatic N) is 1. The first-order valence-electron chi connectivity index (χ1n) is 9.77. The first-order valence-corrected chi connectivity index (χ1v) is 9.77. The van der Waals surface area contributed by atoms with Crippen LogP contribution < -0.4 is 16.4 Å². The van der Waals surface area contributed by atoms with Crippen molar-refractivity contribution in [2.24, 2.45) is 5.73 Å². The van der Waals surface area contributed by atoms with E-state index in [1.165, 1.54) is 25.1 Å². The molecule has 0 unspecified atom stereocenters. The van der Waals surface area contributed by atoms with Crippen molar-refractivity contribution >= 4 is 28.6 Å². The number of hydrogen-bond acceptors (Lipinski definition) is 4. The Bertz CT molecular complexity index is 1120. The van der Waals surface area contributed by atoms with Gasteiger partial charge in [-0.25, -0.2) is 4.39 Å². The lowest BCUT2D eigenvalue weighted by atomic mass is 10.0. The first kappa shape index (κ1) is 21.9. The first-order chi connectivity index (χ1) is 14.8. The molecule has 0 saturated carbocycles. The molecule has 31 heavy (non-hydrogen) atoms. The molecule has 3 rings (SSSR count). The van der Waals surface area contributed by atoms with Gasteiger partial charge in [0.05, 0.1) is 5.52 Å². The summed E-state index contributed by atoms with van der Waals surface area (Å²) in [6, 6.07) is 14.9. The normalized spacial score (nSPS) is 12.7. The molecule has 0 saturated heterocycles. The summed E-state index contributed by atoms with van der Waals surface area (Å²) in [4.78, 5) is 40.9. The Hall–Kier alpha value is -3.81. The van der Waals surface area contributed by atoms with Crippen molar-refractivity contribution in [3.8, 4) is 0 Å². The molecule has 3 aromatic rings. The fourth-order valence-corrected chi connectivity index (χ4v) is 3.28. The Morgan fingerprint density at radius 3 is 2.45 bits per heavy atom. The van der Waals surface area contributed by atoms with E-state index in [9.17, 15) is 18.8 Å². The number of carbonyl (C=O) groups is 3. The van der Waals surface area contributed by atoms with Gasteiger partial charge in [-0.05, 0) is 29.8 Å². The number of amides is 3. The van der Waals surface area contributed by atoms with Crippen molar-refractivity contribution in [1.29, 1.82) is 0 Å². The van der Waals surface area contributed by atoms with Crippen LogP contribution in [0.4, 0.5) is 4.39 Å². The maximum atomic E-state index is 13.5. The lowest BCUT2D eigenvalue weighted by Crippen LogP contribution is -2.54. The van der Waals surface area contributed by atoms with Gasteiger partial charge in [-0.1, -0.05) is 36.4 Å². The minimum absolute atomic E-state index is 0.0584. The van der Waals surface area contributed by atoms with Gasteiger partial charge in [-0.2, -0.15) is 0 Å². The quantitative estimate of drug-likeness (QED) is 0.512. The van der Waals surface area contributed by atoms with E-state index < -0.39 is 35.6 Å². The summed E-state index contributed by atoms with van der Waals surface area (Å²) in [5, 5.41) is 6.08. The maximum Gasteiger partial charge on any atom is 0.243 e. The summed E-state index contributed by atoms with van der Waals surface area (Å²) in [7, 11) is 0. The third-order valence-electron chi connectivity index (χ3n) is 4.75. The number of benzene rings is 2. The van der Waals surface area contributed by atoms with Crippen LogP contribution in [0.1, 0.15) is 18.2 Å². The van der Waals surface area contributed by atoms with E-state index in [1.807, 2.05) is 30.3 Å². The molecule has 0 bridgehead atoms. The average Bonchev–Trinajstić information content (AvgIpc) is 2.72. The molecule has 0 spiro atoms. The zero-order valence-electron chi connectivity index (χ0n) is 17.0. The SMILES string of the molecule is CC(=O)N[C@@H](Cc1cccc(F)c1)C(=O)N[C@@H](Cc1ccc2ccccc2n1)C(N)=O. The van der Waals surface area contributed by atoms with Gasteiger partial charge in [0.2, 0.25) is 17.7 Å². The molecule has 160 valence electrons. The van der Waals surface area contributed by atoms with Crippen molar-refractivity contribution < 1.29 is 18.8 Å². The highest BCUT2D eigenvalue weighted by Crippen LogP contribution is 2.13. The fourth-order valence-electron chi connectivity index (χ4n) is 3.28. The number of primary amides is 1. The van der Waals surface area contributed by atoms with Crippen LogP contribution in [-0.4, -0.2) is 34.8 Å². The Balaban J connectivity index is 1.75. The van der Waals surface area contributed by atoms with E-state index in [2.05, 4.69) is 15.6 Å². The number of para-hydroxylation sites is 1. The average molecular weight is 422 g/mol. The molecule has 1 heterocycles. The molecule has 2 atom stereocenters. The van der Waals surface area contributed by atoms with Crippen LogP contribution >= 0.6 is 0 Å². The van der Waals surface area contributed by atoms with Gasteiger partial charge in [0.1, 0.15) is 17.9 Å². The van der Waals surface area contributed by atoms with Gasteiger partial charge in [-0.3, -0.25) is 19.4 Å². The summed E-state index contributed by atoms with van der Waals surface area (Å²) < 4.78 is 13.5. The van der Waals surface area contributed by atoms with Crippen LogP contribution in [0.15, 0.2) is 60.7 Å². The molecule has 8 heteroatoms. The summed E-state index contributed by atoms with van der Waals surface area (Å²) in [6.07, 6.45) is 0.154. The third-order valence-corrected chi connectivity index (χ3v) is 4.75. The number of halogens is 1. The second-order valence-electron chi connectivity index (χ2n) is 7.25. The van der Waals surface area contributed by atoms with Crippen LogP contribution in [0.25, 0.3) is 10.9 Å². The summed E-state index contributed by atoms with van der Waals surface area (Å²) in [5.74, 6) is -2.19. The number of carbonyl (C=O) groups excluding carboxylic acids is 3. The fraction of sp³-hybridized carbons (Fsp3) is 0.217. The van der Waals surface area contributed by atoms with E-state index in [-0.39, 0.29) is 12.8 Å². The van der Waals surface area contributed by atoms with E-state index in [0.29, 0.717) is 11.3 Å². The van der Waals surface area contributed by atoms with Crippen LogP contribution in [0.5, 0.6) is 0 Å². The van der Waals surface area contributed by atoms with E-state index >= 15 is 0 Å². The minimum atomic E-state index is -1.02. The van der Waals surface area contributed by atoms with Gasteiger partial charge in [0.25, 0.3) is 0 Å². The Kier molecular flexibility index (Phi) is 6.92. The van der Waals surface area contributed by atoms with Crippen LogP contribution in [-0.2, 0) is 27.2 Å². The largest absolute Gasteiger partial charge is 0.368 e. The second-order valence-corrected chi connectivity index (χ2v) is 7.25. The molecule has 0 radical (unpaired) electrons. The van der Waals surface area contributed by atoms with E-state index in [0.717, 1.165) is 10.9 Å². The molecular formula is C23H23FN4O3. The molecule has 0 aliphatic rings. The molecule has 1 aromatic heterocycles. The molecule has 4 N–H and O–H groups in total. The Morgan fingerprint density at radius 1 is 0.968 bits per heavy atom. The van der Waals surface area contributed by atoms with Gasteiger partial charge < -0.3 is 16.4 Å². The molecule has 0 fully saturated rings. The lowest BCUT2D eigenvalue weighted by Gasteiger charge is -2.21. The number of hydrogen-bond donors (Lipinski definition) is 3. The highest BCUT2D eigenvalue weighted by atomic mass is 19.1. The van der Waals surface area contributed by atoms with Crippen molar-refractivity contribution in [3.63, 3.8) is 0 Å². The van der Waals surface area contributed by atoms with Crippen molar-refractivity contribution in [3.05, 3.63) is 77.7 Å². The van der Waals surface area contributed by atoms with Crippen LogP contribution in [0, 0.1) is 5.82 Å². The van der Waals surface area contributed by atoms with Gasteiger partial charge in [0, 0.05) is 30.8 Å². The van der Waals surface area contributed by atoms with Crippen molar-refractivity contribution in [2.75, 3.05) is 0 Å². The number of pyridine rings is 1. The number of rotatable bonds is 8. The molecule has 7 nitrogen and oxygen atoms in total. The monoisotopic (exact) mass is 422 g/mol. The number of aromatic nitrogens is 1. The summed E-state index contributed by atoms with van der Waals surface area (Å²) >= 11 is 0. The molecule has 0 aliphatic heterocycles. The molecular weight excluding hydrogens is 399 g/mol. The van der Waals surface area contributed by atoms with Crippen LogP contribution in [0.2, 0.25) is 0 Å². The van der Waals surface area contributed by atoms with E-state index in [4.69, 9.17) is 5.73 Å². The zero-order chi connectivity index (χ0) is 22.4. The maximum absolute atomic E-state index is 13.5. The zero-order valence-corrected chi connectivity index (χ0v) is 17.0. The molecule has 3 amide bonds. The van der Waals surface area contributed by atoms with Crippen molar-refractivity contribution in [1.82, 2.24) is 15.6 Å². The minimum Gasteiger partial charge on any atom is -0.368 e. The second kappa shape index (κ2) is 9.80. The van der Waals surface area contributed by atoms with Crippen LogP contribution in [0.3, 0.4) is 0 Å². The number of nitrogens with two attached hydrogens (primary N) is 1. The number of nitrogens with one attached hydrogen (secondary N) is 2. The predicted molar refractivity (Wildman–Crippen MR) is 114 cm³/mol. The Labute approximate surface area is 178 Å². The van der Waals surface area contributed by atoms with Gasteiger partial charge in [-0.15, -0.1) is 0 Å². The summed E-state index contributed by atoms with van der Waals surface area (Å²) in [6.45, 7) is 1.27. The van der Waals surface area contributed by atoms with E-state index in [1.54, 1.807) is 12.1 Å². The van der Waals surface area contributed by atoms with Crippen molar-refractivity contribution in [2.45, 2.75) is 31.8 Å². The summed E-state index contributed by atoms with van der Waals surface area (Å²) in [5.41, 5.74) is 7.38. The lowest BCUT2D eigenvalue weighted by molar-refractivity contribution is -0.130. The topological polar surface area (TPSA) is 114 Å². The predicted octanol–water partition coefficient (Wildman–Crippen LogP) is 1.63. The molecule has 2 aromatic carbocycles. The molecule has 0 aliphatic carbocycles. The third kappa shape index (κ3) is 6.08. The Morgan fingerprint density at radius 2 is 1.74 bits per heavy atom.